The molecule has 120 valence electrons. The molecular formula is C17H23FN2O2. The molecule has 1 aliphatic heterocycles. The van der Waals surface area contributed by atoms with Gasteiger partial charge in [-0.1, -0.05) is 12.1 Å². The predicted molar refractivity (Wildman–Crippen MR) is 82.5 cm³/mol. The number of nitrogens with zero attached hydrogens (tertiary/aromatic N) is 1. The van der Waals surface area contributed by atoms with Gasteiger partial charge in [0.05, 0.1) is 0 Å². The second-order valence-electron chi connectivity index (χ2n) is 6.41. The molecule has 0 aromatic heterocycles. The van der Waals surface area contributed by atoms with Gasteiger partial charge in [0.1, 0.15) is 5.82 Å². The van der Waals surface area contributed by atoms with Crippen LogP contribution in [0.3, 0.4) is 0 Å². The first kappa shape index (κ1) is 15.3. The zero-order valence-electron chi connectivity index (χ0n) is 12.7. The van der Waals surface area contributed by atoms with E-state index in [2.05, 4.69) is 5.32 Å². The van der Waals surface area contributed by atoms with E-state index in [4.69, 9.17) is 0 Å². The Morgan fingerprint density at radius 1 is 1.18 bits per heavy atom. The molecule has 4 nitrogen and oxygen atoms in total. The summed E-state index contributed by atoms with van der Waals surface area (Å²) in [6, 6.07) is 6.80. The van der Waals surface area contributed by atoms with Crippen molar-refractivity contribution in [3.63, 3.8) is 0 Å². The molecule has 22 heavy (non-hydrogen) atoms. The molecule has 2 fully saturated rings. The maximum atomic E-state index is 13.0. The number of rotatable bonds is 3. The Kier molecular flexibility index (Phi) is 4.62. The van der Waals surface area contributed by atoms with Crippen LogP contribution in [0.4, 0.5) is 9.18 Å². The van der Waals surface area contributed by atoms with Crippen LogP contribution in [0.15, 0.2) is 24.3 Å². The highest BCUT2D eigenvalue weighted by atomic mass is 19.1. The molecule has 0 spiro atoms. The molecule has 0 radical (unpaired) electrons. The van der Waals surface area contributed by atoms with Gasteiger partial charge in [0, 0.05) is 18.6 Å². The first-order valence-electron chi connectivity index (χ1n) is 8.12. The van der Waals surface area contributed by atoms with Crippen molar-refractivity contribution in [3.05, 3.63) is 35.6 Å². The average molecular weight is 306 g/mol. The molecule has 2 aliphatic rings. The molecule has 3 unspecified atom stereocenters. The number of carboxylic acid groups (broad SMARTS) is 1. The highest BCUT2D eigenvalue weighted by molar-refractivity contribution is 5.66. The van der Waals surface area contributed by atoms with Crippen molar-refractivity contribution in [1.82, 2.24) is 10.2 Å². The van der Waals surface area contributed by atoms with Gasteiger partial charge < -0.3 is 15.3 Å². The van der Waals surface area contributed by atoms with Crippen LogP contribution >= 0.6 is 0 Å². The van der Waals surface area contributed by atoms with Gasteiger partial charge in [-0.05, 0) is 62.3 Å². The average Bonchev–Trinajstić information content (AvgIpc) is 2.98. The number of halogens is 1. The maximum Gasteiger partial charge on any atom is 0.407 e. The summed E-state index contributed by atoms with van der Waals surface area (Å²) in [5, 5.41) is 12.9. The Hall–Kier alpha value is -1.62. The lowest BCUT2D eigenvalue weighted by molar-refractivity contribution is 0.0890. The number of hydrogen-bond acceptors (Lipinski definition) is 2. The minimum Gasteiger partial charge on any atom is -0.465 e. The van der Waals surface area contributed by atoms with Crippen LogP contribution < -0.4 is 5.32 Å². The SMILES string of the molecule is O=C(O)N(C1CCCNC1)C1CCC(c2ccc(F)cc2)C1. The predicted octanol–water partition coefficient (Wildman–Crippen LogP) is 3.19. The molecule has 1 saturated carbocycles. The van der Waals surface area contributed by atoms with Crippen molar-refractivity contribution in [2.75, 3.05) is 13.1 Å². The van der Waals surface area contributed by atoms with Crippen molar-refractivity contribution in [1.29, 1.82) is 0 Å². The van der Waals surface area contributed by atoms with E-state index in [0.717, 1.165) is 50.8 Å². The molecule has 5 heteroatoms. The number of amides is 1. The lowest BCUT2D eigenvalue weighted by Gasteiger charge is -2.36. The fourth-order valence-electron chi connectivity index (χ4n) is 3.93. The van der Waals surface area contributed by atoms with Crippen LogP contribution in [-0.4, -0.2) is 41.3 Å². The minimum atomic E-state index is -0.807. The summed E-state index contributed by atoms with van der Waals surface area (Å²) < 4.78 is 13.0. The number of carbonyl (C=O) groups is 1. The number of hydrogen-bond donors (Lipinski definition) is 2. The number of benzene rings is 1. The van der Waals surface area contributed by atoms with E-state index < -0.39 is 6.09 Å². The summed E-state index contributed by atoms with van der Waals surface area (Å²) in [5.74, 6) is 0.114. The zero-order valence-corrected chi connectivity index (χ0v) is 12.7. The molecular weight excluding hydrogens is 283 g/mol. The van der Waals surface area contributed by atoms with Gasteiger partial charge in [-0.3, -0.25) is 0 Å². The van der Waals surface area contributed by atoms with E-state index in [1.807, 2.05) is 12.1 Å². The number of piperidine rings is 1. The highest BCUT2D eigenvalue weighted by Gasteiger charge is 2.36. The van der Waals surface area contributed by atoms with Gasteiger partial charge in [-0.15, -0.1) is 0 Å². The van der Waals surface area contributed by atoms with Gasteiger partial charge in [-0.2, -0.15) is 0 Å². The van der Waals surface area contributed by atoms with Crippen molar-refractivity contribution in [3.8, 4) is 0 Å². The lowest BCUT2D eigenvalue weighted by atomic mass is 9.97. The zero-order chi connectivity index (χ0) is 15.5. The van der Waals surface area contributed by atoms with Crippen molar-refractivity contribution >= 4 is 6.09 Å². The number of nitrogens with one attached hydrogen (secondary N) is 1. The first-order chi connectivity index (χ1) is 10.6. The molecule has 3 atom stereocenters. The molecule has 1 aliphatic carbocycles. The van der Waals surface area contributed by atoms with E-state index >= 15 is 0 Å². The molecule has 1 amide bonds. The monoisotopic (exact) mass is 306 g/mol. The van der Waals surface area contributed by atoms with Crippen LogP contribution in [0.25, 0.3) is 0 Å². The van der Waals surface area contributed by atoms with Crippen molar-refractivity contribution in [2.24, 2.45) is 0 Å². The lowest BCUT2D eigenvalue weighted by Crippen LogP contribution is -2.52. The molecule has 3 rings (SSSR count). The first-order valence-corrected chi connectivity index (χ1v) is 8.12. The third kappa shape index (κ3) is 3.24. The summed E-state index contributed by atoms with van der Waals surface area (Å²) in [4.78, 5) is 13.4. The third-order valence-corrected chi connectivity index (χ3v) is 5.02. The molecule has 2 N–H and O–H groups in total. The van der Waals surface area contributed by atoms with Gasteiger partial charge in [-0.25, -0.2) is 9.18 Å². The third-order valence-electron chi connectivity index (χ3n) is 5.02. The van der Waals surface area contributed by atoms with Gasteiger partial charge in [0.15, 0.2) is 0 Å². The van der Waals surface area contributed by atoms with Crippen LogP contribution in [0.1, 0.15) is 43.6 Å². The van der Waals surface area contributed by atoms with Gasteiger partial charge >= 0.3 is 6.09 Å². The normalized spacial score (nSPS) is 28.5. The summed E-state index contributed by atoms with van der Waals surface area (Å²) in [5.41, 5.74) is 1.12. The fourth-order valence-corrected chi connectivity index (χ4v) is 3.93. The second kappa shape index (κ2) is 6.65. The van der Waals surface area contributed by atoms with Crippen molar-refractivity contribution < 1.29 is 14.3 Å². The topological polar surface area (TPSA) is 52.6 Å². The van der Waals surface area contributed by atoms with E-state index in [1.165, 1.54) is 12.1 Å². The standard InChI is InChI=1S/C17H23FN2O2/c18-14-6-3-12(4-7-14)13-5-8-15(10-13)20(17(21)22)16-2-1-9-19-11-16/h3-4,6-7,13,15-16,19H,1-2,5,8-11H2,(H,21,22). The molecule has 0 bridgehead atoms. The Labute approximate surface area is 130 Å². The smallest absolute Gasteiger partial charge is 0.407 e. The molecule has 1 heterocycles. The summed E-state index contributed by atoms with van der Waals surface area (Å²) in [6.45, 7) is 1.73. The van der Waals surface area contributed by atoms with Crippen LogP contribution in [0, 0.1) is 5.82 Å². The summed E-state index contributed by atoms with van der Waals surface area (Å²) in [6.07, 6.45) is 3.87. The summed E-state index contributed by atoms with van der Waals surface area (Å²) in [7, 11) is 0. The van der Waals surface area contributed by atoms with Crippen LogP contribution in [0.2, 0.25) is 0 Å². The van der Waals surface area contributed by atoms with Crippen LogP contribution in [0.5, 0.6) is 0 Å². The van der Waals surface area contributed by atoms with E-state index in [-0.39, 0.29) is 17.9 Å². The quantitative estimate of drug-likeness (QED) is 0.901. The van der Waals surface area contributed by atoms with Crippen molar-refractivity contribution in [2.45, 2.75) is 50.1 Å². The molecule has 1 saturated heterocycles. The maximum absolute atomic E-state index is 13.0. The minimum absolute atomic E-state index is 0.0810. The Morgan fingerprint density at radius 3 is 2.59 bits per heavy atom. The second-order valence-corrected chi connectivity index (χ2v) is 6.41. The van der Waals surface area contributed by atoms with E-state index in [9.17, 15) is 14.3 Å². The Morgan fingerprint density at radius 2 is 1.95 bits per heavy atom. The fraction of sp³-hybridized carbons (Fsp3) is 0.588. The summed E-state index contributed by atoms with van der Waals surface area (Å²) >= 11 is 0. The Balaban J connectivity index is 1.69. The largest absolute Gasteiger partial charge is 0.465 e. The highest BCUT2D eigenvalue weighted by Crippen LogP contribution is 2.38. The molecule has 1 aromatic carbocycles. The van der Waals surface area contributed by atoms with Crippen LogP contribution in [-0.2, 0) is 0 Å². The van der Waals surface area contributed by atoms with Gasteiger partial charge in [0.25, 0.3) is 0 Å². The van der Waals surface area contributed by atoms with Gasteiger partial charge in [0.2, 0.25) is 0 Å². The molecule has 1 aromatic rings. The van der Waals surface area contributed by atoms with E-state index in [1.54, 1.807) is 4.90 Å². The van der Waals surface area contributed by atoms with E-state index in [0.29, 0.717) is 5.92 Å². The Bertz CT molecular complexity index is 514.